The average molecular weight is 271 g/mol. The van der Waals surface area contributed by atoms with Crippen LogP contribution in [-0.4, -0.2) is 15.4 Å². The maximum absolute atomic E-state index is 6.50. The molecule has 0 aliphatic rings. The molecule has 0 aliphatic heterocycles. The molecule has 80 valence electrons. The lowest BCUT2D eigenvalue weighted by molar-refractivity contribution is 0.311. The fourth-order valence-corrected chi connectivity index (χ4v) is 1.73. The topological polar surface area (TPSA) is 98.0 Å². The second-order valence-corrected chi connectivity index (χ2v) is 3.44. The van der Waals surface area contributed by atoms with Gasteiger partial charge in [-0.3, -0.25) is 0 Å². The zero-order chi connectivity index (χ0) is 11.3. The first kappa shape index (κ1) is 12.0. The summed E-state index contributed by atoms with van der Waals surface area (Å²) in [5.41, 5.74) is 7.50. The van der Waals surface area contributed by atoms with Crippen LogP contribution in [0.4, 0.5) is 0 Å². The van der Waals surface area contributed by atoms with E-state index in [-0.39, 0.29) is 0 Å². The van der Waals surface area contributed by atoms with Crippen LogP contribution in [0.3, 0.4) is 0 Å². The van der Waals surface area contributed by atoms with E-state index in [1.54, 1.807) is 0 Å². The zero-order valence-electron chi connectivity index (χ0n) is 7.89. The molecule has 0 atom stereocenters. The molecule has 0 spiro atoms. The summed E-state index contributed by atoms with van der Waals surface area (Å²) in [7, 11) is 0. The third kappa shape index (κ3) is 2.48. The van der Waals surface area contributed by atoms with E-state index in [0.717, 1.165) is 21.1 Å². The Bertz CT molecular complexity index is 449. The molecule has 0 fully saturated rings. The van der Waals surface area contributed by atoms with E-state index in [9.17, 15) is 0 Å². The van der Waals surface area contributed by atoms with Crippen molar-refractivity contribution in [3.8, 4) is 0 Å². The predicted octanol–water partition coefficient (Wildman–Crippen LogP) is 1.19. The number of benzene rings is 1. The second kappa shape index (κ2) is 5.72. The van der Waals surface area contributed by atoms with Gasteiger partial charge in [0.1, 0.15) is 4.60 Å². The quantitative estimate of drug-likeness (QED) is 0.676. The largest absolute Gasteiger partial charge is 0.326 e. The normalized spacial score (nSPS) is 9.60. The number of hydrogen-bond donors (Lipinski definition) is 3. The Balaban J connectivity index is 0.000000531. The van der Waals surface area contributed by atoms with Crippen molar-refractivity contribution < 1.29 is 5.21 Å². The highest BCUT2D eigenvalue weighted by atomic mass is 79.9. The summed E-state index contributed by atoms with van der Waals surface area (Å²) in [6, 6.07) is 7.83. The Labute approximate surface area is 95.2 Å². The Morgan fingerprint density at radius 1 is 1.20 bits per heavy atom. The van der Waals surface area contributed by atoms with E-state index >= 15 is 0 Å². The summed E-state index contributed by atoms with van der Waals surface area (Å²) in [6.45, 7) is 0.469. The number of aromatic nitrogens is 2. The molecule has 0 amide bonds. The minimum atomic E-state index is 0.469. The van der Waals surface area contributed by atoms with Crippen molar-refractivity contribution in [2.75, 3.05) is 0 Å². The van der Waals surface area contributed by atoms with Gasteiger partial charge in [0, 0.05) is 17.5 Å². The van der Waals surface area contributed by atoms with Gasteiger partial charge in [-0.15, -0.1) is 10.2 Å². The van der Waals surface area contributed by atoms with Crippen LogP contribution in [0.1, 0.15) is 5.56 Å². The van der Waals surface area contributed by atoms with E-state index in [2.05, 4.69) is 32.0 Å². The highest BCUT2D eigenvalue weighted by molar-refractivity contribution is 9.10. The van der Waals surface area contributed by atoms with Gasteiger partial charge >= 0.3 is 0 Å². The van der Waals surface area contributed by atoms with Crippen molar-refractivity contribution in [1.29, 1.82) is 0 Å². The second-order valence-electron chi connectivity index (χ2n) is 2.69. The van der Waals surface area contributed by atoms with Gasteiger partial charge < -0.3 is 10.9 Å². The highest BCUT2D eigenvalue weighted by Gasteiger charge is 2.05. The lowest BCUT2D eigenvalue weighted by Crippen LogP contribution is -2.01. The highest BCUT2D eigenvalue weighted by Crippen LogP contribution is 2.21. The molecule has 15 heavy (non-hydrogen) atoms. The molecule has 5 nitrogen and oxygen atoms in total. The predicted molar refractivity (Wildman–Crippen MR) is 61.1 cm³/mol. The molecule has 5 N–H and O–H groups in total. The van der Waals surface area contributed by atoms with Gasteiger partial charge in [-0.2, -0.15) is 0 Å². The van der Waals surface area contributed by atoms with Gasteiger partial charge in [0.2, 0.25) is 0 Å². The Morgan fingerprint density at radius 3 is 2.53 bits per heavy atom. The van der Waals surface area contributed by atoms with Crippen molar-refractivity contribution in [3.05, 3.63) is 34.4 Å². The van der Waals surface area contributed by atoms with Gasteiger partial charge in [0.15, 0.2) is 0 Å². The van der Waals surface area contributed by atoms with Crippen LogP contribution in [0.2, 0.25) is 0 Å². The minimum absolute atomic E-state index is 0.469. The van der Waals surface area contributed by atoms with Crippen LogP contribution in [0, 0.1) is 0 Å². The van der Waals surface area contributed by atoms with Crippen LogP contribution in [0.25, 0.3) is 10.9 Å². The standard InChI is InChI=1S/C9H8BrN3.H3NO/c10-9-7(5-11)6-3-1-2-4-8(6)12-13-9;1-2/h1-4H,5,11H2;2H,1H2. The summed E-state index contributed by atoms with van der Waals surface area (Å²) < 4.78 is 0.730. The maximum Gasteiger partial charge on any atom is 0.133 e. The number of hydrogen-bond acceptors (Lipinski definition) is 5. The lowest BCUT2D eigenvalue weighted by atomic mass is 10.1. The molecule has 0 saturated heterocycles. The molecule has 0 saturated carbocycles. The lowest BCUT2D eigenvalue weighted by Gasteiger charge is -2.03. The molecule has 1 aromatic heterocycles. The van der Waals surface area contributed by atoms with Crippen molar-refractivity contribution in [1.82, 2.24) is 10.2 Å². The average Bonchev–Trinajstić information content (AvgIpc) is 2.32. The number of fused-ring (bicyclic) bond motifs is 1. The van der Waals surface area contributed by atoms with Gasteiger partial charge in [-0.05, 0) is 22.0 Å². The van der Waals surface area contributed by atoms with Crippen molar-refractivity contribution in [2.45, 2.75) is 6.54 Å². The molecule has 0 unspecified atom stereocenters. The van der Waals surface area contributed by atoms with Crippen molar-refractivity contribution >= 4 is 26.8 Å². The van der Waals surface area contributed by atoms with Crippen molar-refractivity contribution in [2.24, 2.45) is 11.6 Å². The molecule has 6 heteroatoms. The Morgan fingerprint density at radius 2 is 1.87 bits per heavy atom. The summed E-state index contributed by atoms with van der Waals surface area (Å²) >= 11 is 3.32. The molecule has 0 aliphatic carbocycles. The molecule has 1 heterocycles. The third-order valence-corrected chi connectivity index (χ3v) is 2.57. The van der Waals surface area contributed by atoms with Crippen LogP contribution in [0.15, 0.2) is 28.9 Å². The summed E-state index contributed by atoms with van der Waals surface area (Å²) in [5, 5.41) is 15.6. The van der Waals surface area contributed by atoms with E-state index in [4.69, 9.17) is 10.9 Å². The van der Waals surface area contributed by atoms with Crippen molar-refractivity contribution in [3.63, 3.8) is 0 Å². The number of nitrogens with zero attached hydrogens (tertiary/aromatic N) is 2. The molecule has 0 bridgehead atoms. The fraction of sp³-hybridized carbons (Fsp3) is 0.111. The first-order chi connectivity index (χ1) is 7.33. The zero-order valence-corrected chi connectivity index (χ0v) is 9.48. The molecule has 2 rings (SSSR count). The van der Waals surface area contributed by atoms with Gasteiger partial charge in [-0.25, -0.2) is 5.90 Å². The molecule has 1 aromatic carbocycles. The SMILES string of the molecule is NCc1c(Br)nnc2ccccc12.NO. The van der Waals surface area contributed by atoms with E-state index in [1.165, 1.54) is 0 Å². The monoisotopic (exact) mass is 270 g/mol. The Hall–Kier alpha value is -1.08. The number of halogens is 1. The van der Waals surface area contributed by atoms with Crippen LogP contribution >= 0.6 is 15.9 Å². The Kier molecular flexibility index (Phi) is 4.57. The molecular formula is C9H11BrN4O. The van der Waals surface area contributed by atoms with E-state index < -0.39 is 0 Å². The van der Waals surface area contributed by atoms with Gasteiger partial charge in [0.25, 0.3) is 0 Å². The molecular weight excluding hydrogens is 260 g/mol. The minimum Gasteiger partial charge on any atom is -0.326 e. The summed E-state index contributed by atoms with van der Waals surface area (Å²) in [6.07, 6.45) is 0. The summed E-state index contributed by atoms with van der Waals surface area (Å²) in [5.74, 6) is 3.50. The van der Waals surface area contributed by atoms with Crippen LogP contribution < -0.4 is 11.6 Å². The van der Waals surface area contributed by atoms with E-state index in [1.807, 2.05) is 24.3 Å². The summed E-state index contributed by atoms with van der Waals surface area (Å²) in [4.78, 5) is 0. The van der Waals surface area contributed by atoms with Gasteiger partial charge in [-0.1, -0.05) is 18.2 Å². The van der Waals surface area contributed by atoms with Crippen LogP contribution in [-0.2, 0) is 6.54 Å². The number of rotatable bonds is 1. The first-order valence-corrected chi connectivity index (χ1v) is 4.98. The maximum atomic E-state index is 6.50. The molecule has 2 aromatic rings. The molecule has 0 radical (unpaired) electrons. The first-order valence-electron chi connectivity index (χ1n) is 4.18. The number of nitrogens with two attached hydrogens (primary N) is 2. The fourth-order valence-electron chi connectivity index (χ4n) is 1.28. The van der Waals surface area contributed by atoms with E-state index in [0.29, 0.717) is 6.54 Å². The smallest absolute Gasteiger partial charge is 0.133 e. The third-order valence-electron chi connectivity index (χ3n) is 1.93. The van der Waals surface area contributed by atoms with Gasteiger partial charge in [0.05, 0.1) is 5.52 Å². The van der Waals surface area contributed by atoms with Crippen LogP contribution in [0.5, 0.6) is 0 Å².